The first kappa shape index (κ1) is 19.9. The number of carbonyl (C=O) groups excluding carboxylic acids is 1. The molecule has 0 radical (unpaired) electrons. The van der Waals surface area contributed by atoms with Crippen LogP contribution in [0.3, 0.4) is 0 Å². The number of benzene rings is 2. The molecule has 0 saturated heterocycles. The summed E-state index contributed by atoms with van der Waals surface area (Å²) in [5, 5.41) is 8.42. The molecule has 1 aromatic heterocycles. The van der Waals surface area contributed by atoms with Gasteiger partial charge in [0.1, 0.15) is 11.5 Å². The number of hydrogen-bond acceptors (Lipinski definition) is 7. The molecule has 3 aromatic rings. The molecule has 0 unspecified atom stereocenters. The molecule has 2 aromatic carbocycles. The van der Waals surface area contributed by atoms with Gasteiger partial charge in [-0.3, -0.25) is 4.79 Å². The predicted octanol–water partition coefficient (Wildman–Crippen LogP) is 4.68. The first-order valence-electron chi connectivity index (χ1n) is 8.94. The number of aromatic nitrogens is 2. The Balaban J connectivity index is 1.65. The number of rotatable bonds is 9. The van der Waals surface area contributed by atoms with Crippen LogP contribution in [0.25, 0.3) is 11.5 Å². The van der Waals surface area contributed by atoms with E-state index in [1.807, 2.05) is 24.3 Å². The van der Waals surface area contributed by atoms with Crippen LogP contribution in [-0.4, -0.2) is 36.0 Å². The van der Waals surface area contributed by atoms with Gasteiger partial charge in [-0.05, 0) is 24.1 Å². The Morgan fingerprint density at radius 3 is 2.32 bits per heavy atom. The molecule has 0 amide bonds. The summed E-state index contributed by atoms with van der Waals surface area (Å²) in [5.74, 6) is 1.86. The number of ketones is 1. The molecule has 3 rings (SSSR count). The van der Waals surface area contributed by atoms with Gasteiger partial charge in [0.05, 0.1) is 20.0 Å². The molecule has 0 saturated carbocycles. The summed E-state index contributed by atoms with van der Waals surface area (Å²) in [4.78, 5) is 12.4. The zero-order chi connectivity index (χ0) is 19.9. The van der Waals surface area contributed by atoms with Crippen LogP contribution >= 0.6 is 11.8 Å². The molecular formula is C21H22N2O4S. The van der Waals surface area contributed by atoms with Crippen molar-refractivity contribution in [1.29, 1.82) is 0 Å². The molecule has 28 heavy (non-hydrogen) atoms. The lowest BCUT2D eigenvalue weighted by molar-refractivity contribution is 0.102. The Labute approximate surface area is 168 Å². The lowest BCUT2D eigenvalue weighted by Gasteiger charge is -2.05. The number of aryl methyl sites for hydroxylation is 1. The summed E-state index contributed by atoms with van der Waals surface area (Å²) in [6, 6.07) is 13.1. The zero-order valence-electron chi connectivity index (χ0n) is 16.1. The molecule has 0 spiro atoms. The van der Waals surface area contributed by atoms with Gasteiger partial charge in [0.2, 0.25) is 5.89 Å². The monoisotopic (exact) mass is 398 g/mol. The summed E-state index contributed by atoms with van der Waals surface area (Å²) < 4.78 is 16.2. The molecule has 0 bridgehead atoms. The normalized spacial score (nSPS) is 10.7. The van der Waals surface area contributed by atoms with E-state index in [4.69, 9.17) is 13.9 Å². The van der Waals surface area contributed by atoms with Crippen LogP contribution in [0.4, 0.5) is 0 Å². The largest absolute Gasteiger partial charge is 0.497 e. The highest BCUT2D eigenvalue weighted by Gasteiger charge is 2.14. The fourth-order valence-electron chi connectivity index (χ4n) is 2.67. The van der Waals surface area contributed by atoms with E-state index in [9.17, 15) is 4.79 Å². The third-order valence-electron chi connectivity index (χ3n) is 4.15. The quantitative estimate of drug-likeness (QED) is 0.383. The van der Waals surface area contributed by atoms with E-state index < -0.39 is 0 Å². The second-order valence-electron chi connectivity index (χ2n) is 6.13. The molecule has 146 valence electrons. The summed E-state index contributed by atoms with van der Waals surface area (Å²) in [7, 11) is 3.15. The van der Waals surface area contributed by atoms with Gasteiger partial charge in [0.15, 0.2) is 5.78 Å². The fraction of sp³-hybridized carbons (Fsp3) is 0.286. The number of carbonyl (C=O) groups is 1. The maximum atomic E-state index is 12.4. The van der Waals surface area contributed by atoms with Crippen LogP contribution in [0, 0.1) is 0 Å². The van der Waals surface area contributed by atoms with Crippen molar-refractivity contribution in [3.63, 3.8) is 0 Å². The van der Waals surface area contributed by atoms with Gasteiger partial charge in [-0.2, -0.15) is 0 Å². The van der Waals surface area contributed by atoms with Crippen LogP contribution in [0.2, 0.25) is 0 Å². The number of nitrogens with zero attached hydrogens (tertiary/aromatic N) is 2. The molecular weight excluding hydrogens is 376 g/mol. The summed E-state index contributed by atoms with van der Waals surface area (Å²) >= 11 is 1.22. The van der Waals surface area contributed by atoms with Crippen molar-refractivity contribution in [3.8, 4) is 23.0 Å². The average Bonchev–Trinajstić information content (AvgIpc) is 3.21. The van der Waals surface area contributed by atoms with E-state index in [1.165, 1.54) is 17.3 Å². The molecule has 0 N–H and O–H groups in total. The van der Waals surface area contributed by atoms with E-state index >= 15 is 0 Å². The SMILES string of the molecule is CCCc1ccc(C(=O)CSc2nnc(-c3cc(OC)cc(OC)c3)o2)cc1. The van der Waals surface area contributed by atoms with Crippen molar-refractivity contribution < 1.29 is 18.7 Å². The highest BCUT2D eigenvalue weighted by atomic mass is 32.2. The fourth-order valence-corrected chi connectivity index (χ4v) is 3.33. The number of thioether (sulfide) groups is 1. The minimum Gasteiger partial charge on any atom is -0.497 e. The molecule has 0 aliphatic carbocycles. The number of hydrogen-bond donors (Lipinski definition) is 0. The topological polar surface area (TPSA) is 74.5 Å². The van der Waals surface area contributed by atoms with Gasteiger partial charge in [-0.25, -0.2) is 0 Å². The second kappa shape index (κ2) is 9.41. The number of methoxy groups -OCH3 is 2. The van der Waals surface area contributed by atoms with Gasteiger partial charge < -0.3 is 13.9 Å². The van der Waals surface area contributed by atoms with Crippen molar-refractivity contribution in [3.05, 3.63) is 53.6 Å². The Morgan fingerprint density at radius 2 is 1.71 bits per heavy atom. The summed E-state index contributed by atoms with van der Waals surface area (Å²) in [5.41, 5.74) is 2.61. The van der Waals surface area contributed by atoms with E-state index in [1.54, 1.807) is 32.4 Å². The number of Topliss-reactive ketones (excluding diaryl/α,β-unsaturated/α-hetero) is 1. The Kier molecular flexibility index (Phi) is 6.71. The van der Waals surface area contributed by atoms with Crippen LogP contribution < -0.4 is 9.47 Å². The molecule has 7 heteroatoms. The van der Waals surface area contributed by atoms with Gasteiger partial charge in [-0.15, -0.1) is 10.2 Å². The molecule has 1 heterocycles. The smallest absolute Gasteiger partial charge is 0.277 e. The Morgan fingerprint density at radius 1 is 1.04 bits per heavy atom. The predicted molar refractivity (Wildman–Crippen MR) is 108 cm³/mol. The van der Waals surface area contributed by atoms with Crippen molar-refractivity contribution in [1.82, 2.24) is 10.2 Å². The lowest BCUT2D eigenvalue weighted by Crippen LogP contribution is -2.02. The number of ether oxygens (including phenoxy) is 2. The van der Waals surface area contributed by atoms with Gasteiger partial charge >= 0.3 is 0 Å². The van der Waals surface area contributed by atoms with Gasteiger partial charge in [0, 0.05) is 17.2 Å². The van der Waals surface area contributed by atoms with E-state index in [0.29, 0.717) is 33.7 Å². The van der Waals surface area contributed by atoms with Crippen LogP contribution in [0.15, 0.2) is 52.1 Å². The highest BCUT2D eigenvalue weighted by molar-refractivity contribution is 7.99. The van der Waals surface area contributed by atoms with Crippen LogP contribution in [-0.2, 0) is 6.42 Å². The Bertz CT molecular complexity index is 916. The van der Waals surface area contributed by atoms with Gasteiger partial charge in [-0.1, -0.05) is 49.4 Å². The highest BCUT2D eigenvalue weighted by Crippen LogP contribution is 2.30. The first-order valence-corrected chi connectivity index (χ1v) is 9.93. The van der Waals surface area contributed by atoms with Crippen molar-refractivity contribution >= 4 is 17.5 Å². The summed E-state index contributed by atoms with van der Waals surface area (Å²) in [6.45, 7) is 2.13. The minimum absolute atomic E-state index is 0.0239. The van der Waals surface area contributed by atoms with Crippen LogP contribution in [0.1, 0.15) is 29.3 Å². The van der Waals surface area contributed by atoms with Crippen molar-refractivity contribution in [2.24, 2.45) is 0 Å². The van der Waals surface area contributed by atoms with E-state index in [2.05, 4.69) is 17.1 Å². The van der Waals surface area contributed by atoms with Gasteiger partial charge in [0.25, 0.3) is 5.22 Å². The standard InChI is InChI=1S/C21H22N2O4S/c1-4-5-14-6-8-15(9-7-14)19(24)13-28-21-23-22-20(27-21)16-10-17(25-2)12-18(11-16)26-3/h6-12H,4-5,13H2,1-3H3. The molecule has 0 fully saturated rings. The average molecular weight is 398 g/mol. The lowest BCUT2D eigenvalue weighted by atomic mass is 10.1. The van der Waals surface area contributed by atoms with E-state index in [0.717, 1.165) is 12.8 Å². The van der Waals surface area contributed by atoms with Crippen LogP contribution in [0.5, 0.6) is 11.5 Å². The molecule has 0 aliphatic heterocycles. The third-order valence-corrected chi connectivity index (χ3v) is 4.96. The summed E-state index contributed by atoms with van der Waals surface area (Å²) in [6.07, 6.45) is 2.10. The Hall–Kier alpha value is -2.80. The zero-order valence-corrected chi connectivity index (χ0v) is 16.9. The maximum absolute atomic E-state index is 12.4. The maximum Gasteiger partial charge on any atom is 0.277 e. The molecule has 0 aliphatic rings. The minimum atomic E-state index is 0.0239. The molecule has 0 atom stereocenters. The first-order chi connectivity index (χ1) is 13.6. The second-order valence-corrected chi connectivity index (χ2v) is 7.06. The molecule has 6 nitrogen and oxygen atoms in total. The van der Waals surface area contributed by atoms with Crippen molar-refractivity contribution in [2.45, 2.75) is 25.0 Å². The third kappa shape index (κ3) is 4.92. The van der Waals surface area contributed by atoms with Crippen molar-refractivity contribution in [2.75, 3.05) is 20.0 Å². The van der Waals surface area contributed by atoms with E-state index in [-0.39, 0.29) is 11.5 Å².